The molecule has 0 amide bonds. The molecular weight excluding hydrogens is 542 g/mol. The fraction of sp³-hybridized carbons (Fsp3) is 0.348. The predicted molar refractivity (Wildman–Crippen MR) is 126 cm³/mol. The van der Waals surface area contributed by atoms with Crippen LogP contribution in [0, 0.1) is 19.9 Å². The first-order chi connectivity index (χ1) is 12.4. The summed E-state index contributed by atoms with van der Waals surface area (Å²) in [7, 11) is 0.191. The van der Waals surface area contributed by atoms with Crippen LogP contribution in [-0.2, 0) is 19.8 Å². The molecule has 0 aliphatic carbocycles. The van der Waals surface area contributed by atoms with Gasteiger partial charge in [0, 0.05) is 32.9 Å². The third kappa shape index (κ3) is 8.08. The monoisotopic (exact) mass is 576 g/mol. The van der Waals surface area contributed by atoms with E-state index in [9.17, 15) is 0 Å². The zero-order chi connectivity index (χ0) is 19.1. The van der Waals surface area contributed by atoms with Crippen molar-refractivity contribution in [3.8, 4) is 11.3 Å². The van der Waals surface area contributed by atoms with Gasteiger partial charge in [0.25, 0.3) is 0 Å². The summed E-state index contributed by atoms with van der Waals surface area (Å²) in [6.45, 7) is 13.8. The molecule has 0 saturated carbocycles. The average Bonchev–Trinajstić information content (AvgIpc) is 2.59. The number of aryl methyl sites for hydroxylation is 2. The Kier molecular flexibility index (Phi) is 10.9. The first-order valence-electron chi connectivity index (χ1n) is 9.29. The topological polar surface area (TPSA) is 12.9 Å². The Bertz CT molecular complexity index is 813. The fourth-order valence-corrected chi connectivity index (χ4v) is 6.86. The van der Waals surface area contributed by atoms with Crippen LogP contribution in [0.1, 0.15) is 11.1 Å². The summed E-state index contributed by atoms with van der Waals surface area (Å²) >= 11 is 0. The Morgan fingerprint density at radius 1 is 0.889 bits per heavy atom. The van der Waals surface area contributed by atoms with E-state index in [1.807, 2.05) is 12.3 Å². The standard InChI is InChI=1S/C17H14N.C6H16P2.Os/c1-12-9-13(2)11-15(10-12)17-16-6-4-3-5-14(16)7-8-18-17;1-7(2)5-6-8(3)4;/h3-10H,1-2H3;5-6H2,1-4H3;/q-1;;+1/p+2. The summed E-state index contributed by atoms with van der Waals surface area (Å²) in [5.41, 5.74) is 4.49. The Morgan fingerprint density at radius 3 is 2.11 bits per heavy atom. The minimum Gasteiger partial charge on any atom is -0.304 e. The molecule has 0 bridgehead atoms. The molecule has 0 spiro atoms. The fourth-order valence-electron chi connectivity index (χ4n) is 2.86. The summed E-state index contributed by atoms with van der Waals surface area (Å²) < 4.78 is 0. The molecule has 0 saturated heterocycles. The van der Waals surface area contributed by atoms with Crippen LogP contribution in [-0.4, -0.2) is 44.0 Å². The van der Waals surface area contributed by atoms with E-state index in [2.05, 4.69) is 88.0 Å². The summed E-state index contributed by atoms with van der Waals surface area (Å²) in [4.78, 5) is 4.53. The maximum Gasteiger partial charge on any atom is 1.00 e. The summed E-state index contributed by atoms with van der Waals surface area (Å²) in [5.74, 6) is 0. The van der Waals surface area contributed by atoms with Crippen molar-refractivity contribution in [1.29, 1.82) is 0 Å². The van der Waals surface area contributed by atoms with Crippen LogP contribution in [0.4, 0.5) is 0 Å². The van der Waals surface area contributed by atoms with Gasteiger partial charge in [-0.3, -0.25) is 0 Å². The number of hydrogen-bond acceptors (Lipinski definition) is 1. The second kappa shape index (κ2) is 12.0. The number of pyridine rings is 1. The molecule has 0 N–H and O–H groups in total. The van der Waals surface area contributed by atoms with Crippen LogP contribution in [0.25, 0.3) is 22.0 Å². The van der Waals surface area contributed by atoms with Crippen LogP contribution in [0.2, 0.25) is 0 Å². The van der Waals surface area contributed by atoms with Crippen molar-refractivity contribution < 1.29 is 19.8 Å². The third-order valence-electron chi connectivity index (χ3n) is 4.20. The largest absolute Gasteiger partial charge is 1.00 e. The van der Waals surface area contributed by atoms with Crippen molar-refractivity contribution in [1.82, 2.24) is 4.98 Å². The summed E-state index contributed by atoms with van der Waals surface area (Å²) in [5, 5.41) is 2.40. The number of aromatic nitrogens is 1. The molecule has 3 rings (SSSR count). The van der Waals surface area contributed by atoms with Crippen LogP contribution >= 0.6 is 15.8 Å². The maximum atomic E-state index is 4.53. The van der Waals surface area contributed by atoms with Gasteiger partial charge >= 0.3 is 19.8 Å². The van der Waals surface area contributed by atoms with Crippen molar-refractivity contribution >= 4 is 26.6 Å². The van der Waals surface area contributed by atoms with Gasteiger partial charge in [-0.1, -0.05) is 38.1 Å². The first kappa shape index (κ1) is 24.4. The molecule has 27 heavy (non-hydrogen) atoms. The smallest absolute Gasteiger partial charge is 0.304 e. The van der Waals surface area contributed by atoms with Gasteiger partial charge < -0.3 is 4.98 Å². The molecule has 1 heterocycles. The Morgan fingerprint density at radius 2 is 1.52 bits per heavy atom. The van der Waals surface area contributed by atoms with Gasteiger partial charge in [-0.15, -0.1) is 34.9 Å². The van der Waals surface area contributed by atoms with Crippen LogP contribution < -0.4 is 0 Å². The Hall–Kier alpha value is -0.654. The number of rotatable bonds is 4. The molecule has 0 atom stereocenters. The zero-order valence-corrected chi connectivity index (χ0v) is 21.9. The SMILES string of the molecule is C[PH+](C)CC[PH+](C)C.Cc1[c-]c(-c2nccc3ccccc23)cc(C)c1.[Os+]. The van der Waals surface area contributed by atoms with E-state index < -0.39 is 0 Å². The van der Waals surface area contributed by atoms with Crippen LogP contribution in [0.5, 0.6) is 0 Å². The molecule has 1 nitrogen and oxygen atoms in total. The van der Waals surface area contributed by atoms with Crippen LogP contribution in [0.3, 0.4) is 0 Å². The number of fused-ring (bicyclic) bond motifs is 1. The number of hydrogen-bond donors (Lipinski definition) is 0. The first-order valence-corrected chi connectivity index (χ1v) is 14.7. The third-order valence-corrected chi connectivity index (χ3v) is 7.20. The summed E-state index contributed by atoms with van der Waals surface area (Å²) in [6, 6.07) is 18.0. The predicted octanol–water partition coefficient (Wildman–Crippen LogP) is 6.25. The van der Waals surface area contributed by atoms with Gasteiger partial charge in [-0.05, 0) is 38.4 Å². The minimum absolute atomic E-state index is 0. The summed E-state index contributed by atoms with van der Waals surface area (Å²) in [6.07, 6.45) is 4.93. The molecule has 0 aliphatic heterocycles. The molecule has 0 aliphatic rings. The van der Waals surface area contributed by atoms with E-state index in [1.54, 1.807) is 0 Å². The van der Waals surface area contributed by atoms with E-state index in [-0.39, 0.29) is 35.6 Å². The van der Waals surface area contributed by atoms with Gasteiger partial charge in [0.1, 0.15) is 0 Å². The molecule has 1 aromatic heterocycles. The van der Waals surface area contributed by atoms with Crippen molar-refractivity contribution in [3.05, 3.63) is 65.9 Å². The molecule has 0 unspecified atom stereocenters. The normalized spacial score (nSPS) is 10.5. The number of benzene rings is 2. The molecule has 2 aromatic carbocycles. The van der Waals surface area contributed by atoms with Gasteiger partial charge in [-0.2, -0.15) is 0 Å². The molecule has 3 aromatic rings. The second-order valence-electron chi connectivity index (χ2n) is 7.55. The molecule has 0 fully saturated rings. The van der Waals surface area contributed by atoms with E-state index in [0.717, 1.165) is 16.8 Å². The van der Waals surface area contributed by atoms with Gasteiger partial charge in [0.05, 0.1) is 12.3 Å². The van der Waals surface area contributed by atoms with Gasteiger partial charge in [0.15, 0.2) is 0 Å². The second-order valence-corrected chi connectivity index (χ2v) is 13.4. The quantitative estimate of drug-likeness (QED) is 0.265. The van der Waals surface area contributed by atoms with Crippen molar-refractivity contribution in [2.24, 2.45) is 0 Å². The molecule has 145 valence electrons. The van der Waals surface area contributed by atoms with Crippen molar-refractivity contribution in [2.75, 3.05) is 39.0 Å². The van der Waals surface area contributed by atoms with E-state index in [1.165, 1.54) is 28.7 Å². The number of nitrogens with zero attached hydrogens (tertiary/aromatic N) is 1. The maximum absolute atomic E-state index is 4.53. The zero-order valence-electron chi connectivity index (χ0n) is 17.3. The Balaban J connectivity index is 0.000000350. The van der Waals surface area contributed by atoms with E-state index in [4.69, 9.17) is 0 Å². The molecule has 1 radical (unpaired) electrons. The van der Waals surface area contributed by atoms with Gasteiger partial charge in [0.2, 0.25) is 0 Å². The van der Waals surface area contributed by atoms with Crippen molar-refractivity contribution in [3.63, 3.8) is 0 Å². The van der Waals surface area contributed by atoms with Gasteiger partial charge in [-0.25, -0.2) is 0 Å². The van der Waals surface area contributed by atoms with E-state index >= 15 is 0 Å². The molecular formula is C23H32NOsP2+2. The van der Waals surface area contributed by atoms with Crippen molar-refractivity contribution in [2.45, 2.75) is 13.8 Å². The Labute approximate surface area is 180 Å². The average molecular weight is 575 g/mol. The van der Waals surface area contributed by atoms with E-state index in [0.29, 0.717) is 0 Å². The molecule has 4 heteroatoms. The van der Waals surface area contributed by atoms with Crippen LogP contribution in [0.15, 0.2) is 48.7 Å². The minimum atomic E-state index is 0.